The molecule has 0 aliphatic carbocycles. The number of hydrogen-bond acceptors (Lipinski definition) is 3. The zero-order chi connectivity index (χ0) is 13.3. The molecule has 0 bridgehead atoms. The lowest BCUT2D eigenvalue weighted by Crippen LogP contribution is -2.30. The van der Waals surface area contributed by atoms with E-state index in [9.17, 15) is 9.59 Å². The van der Waals surface area contributed by atoms with Crippen LogP contribution in [0.3, 0.4) is 0 Å². The highest BCUT2D eigenvalue weighted by Gasteiger charge is 2.38. The van der Waals surface area contributed by atoms with Crippen molar-refractivity contribution in [3.63, 3.8) is 0 Å². The molecule has 1 saturated heterocycles. The monoisotopic (exact) mass is 285 g/mol. The Morgan fingerprint density at radius 3 is 2.39 bits per heavy atom. The van der Waals surface area contributed by atoms with Crippen LogP contribution < -0.4 is 0 Å². The van der Waals surface area contributed by atoms with Gasteiger partial charge in [-0.25, -0.2) is 9.69 Å². The van der Waals surface area contributed by atoms with Crippen molar-refractivity contribution in [2.45, 2.75) is 12.6 Å². The number of benzene rings is 1. The third-order valence-electron chi connectivity index (χ3n) is 2.43. The summed E-state index contributed by atoms with van der Waals surface area (Å²) >= 11 is 11.7. The number of amides is 2. The average molecular weight is 286 g/mol. The second kappa shape index (κ2) is 5.00. The van der Waals surface area contributed by atoms with Gasteiger partial charge < -0.3 is 4.74 Å². The first-order valence-corrected chi connectivity index (χ1v) is 5.86. The summed E-state index contributed by atoms with van der Waals surface area (Å²) in [5.74, 6) is -0.439. The first-order chi connectivity index (χ1) is 8.51. The molecular formula is C12H9Cl2NO3. The van der Waals surface area contributed by atoms with Crippen molar-refractivity contribution in [1.82, 2.24) is 4.90 Å². The first-order valence-electron chi connectivity index (χ1n) is 5.11. The van der Waals surface area contributed by atoms with Crippen molar-refractivity contribution in [2.24, 2.45) is 0 Å². The number of ether oxygens (including phenoxy) is 1. The van der Waals surface area contributed by atoms with E-state index in [1.54, 1.807) is 18.2 Å². The molecule has 6 heteroatoms. The van der Waals surface area contributed by atoms with Gasteiger partial charge in [0, 0.05) is 10.0 Å². The van der Waals surface area contributed by atoms with Crippen molar-refractivity contribution in [2.75, 3.05) is 0 Å². The number of hydrogen-bond donors (Lipinski definition) is 0. The SMILES string of the molecule is C=CC1OC(=O)N(Cc2cc(Cl)cc(Cl)c2)C1=O. The molecule has 1 fully saturated rings. The Kier molecular flexibility index (Phi) is 3.59. The van der Waals surface area contributed by atoms with Crippen LogP contribution in [0.5, 0.6) is 0 Å². The van der Waals surface area contributed by atoms with Gasteiger partial charge in [0.25, 0.3) is 5.91 Å². The molecular weight excluding hydrogens is 277 g/mol. The van der Waals surface area contributed by atoms with Gasteiger partial charge >= 0.3 is 6.09 Å². The molecule has 2 rings (SSSR count). The van der Waals surface area contributed by atoms with Crippen LogP contribution in [-0.4, -0.2) is 23.0 Å². The van der Waals surface area contributed by atoms with Crippen LogP contribution in [0, 0.1) is 0 Å². The molecule has 1 atom stereocenters. The summed E-state index contributed by atoms with van der Waals surface area (Å²) in [4.78, 5) is 24.3. The van der Waals surface area contributed by atoms with E-state index >= 15 is 0 Å². The smallest absolute Gasteiger partial charge is 0.418 e. The fourth-order valence-corrected chi connectivity index (χ4v) is 2.21. The third-order valence-corrected chi connectivity index (χ3v) is 2.87. The summed E-state index contributed by atoms with van der Waals surface area (Å²) in [6.07, 6.45) is -0.321. The van der Waals surface area contributed by atoms with Gasteiger partial charge in [-0.05, 0) is 29.8 Å². The lowest BCUT2D eigenvalue weighted by molar-refractivity contribution is -0.128. The summed E-state index contributed by atoms with van der Waals surface area (Å²) < 4.78 is 4.82. The molecule has 1 heterocycles. The second-order valence-electron chi connectivity index (χ2n) is 3.74. The molecule has 0 saturated carbocycles. The maximum absolute atomic E-state index is 11.8. The normalized spacial score (nSPS) is 19.0. The van der Waals surface area contributed by atoms with Crippen LogP contribution in [0.4, 0.5) is 4.79 Å². The van der Waals surface area contributed by atoms with Crippen LogP contribution >= 0.6 is 23.2 Å². The van der Waals surface area contributed by atoms with Crippen LogP contribution in [-0.2, 0) is 16.1 Å². The lowest BCUT2D eigenvalue weighted by atomic mass is 10.2. The Bertz CT molecular complexity index is 510. The molecule has 1 aromatic carbocycles. The van der Waals surface area contributed by atoms with Crippen molar-refractivity contribution in [3.05, 3.63) is 46.5 Å². The Balaban J connectivity index is 2.21. The molecule has 0 N–H and O–H groups in total. The quantitative estimate of drug-likeness (QED) is 0.802. The van der Waals surface area contributed by atoms with Crippen molar-refractivity contribution < 1.29 is 14.3 Å². The summed E-state index contributed by atoms with van der Waals surface area (Å²) in [5, 5.41) is 0.885. The number of rotatable bonds is 3. The van der Waals surface area contributed by atoms with Crippen LogP contribution in [0.2, 0.25) is 10.0 Å². The highest BCUT2D eigenvalue weighted by atomic mass is 35.5. The van der Waals surface area contributed by atoms with Gasteiger partial charge in [0.05, 0.1) is 6.54 Å². The molecule has 2 amide bonds. The van der Waals surface area contributed by atoms with E-state index in [-0.39, 0.29) is 6.54 Å². The van der Waals surface area contributed by atoms with Crippen LogP contribution in [0.1, 0.15) is 5.56 Å². The van der Waals surface area contributed by atoms with Crippen LogP contribution in [0.15, 0.2) is 30.9 Å². The summed E-state index contributed by atoms with van der Waals surface area (Å²) in [5.41, 5.74) is 0.655. The number of carbonyl (C=O) groups is 2. The molecule has 1 aliphatic heterocycles. The third kappa shape index (κ3) is 2.49. The predicted molar refractivity (Wildman–Crippen MR) is 67.5 cm³/mol. The highest BCUT2D eigenvalue weighted by molar-refractivity contribution is 6.34. The van der Waals surface area contributed by atoms with Crippen molar-refractivity contribution in [1.29, 1.82) is 0 Å². The van der Waals surface area contributed by atoms with Crippen LogP contribution in [0.25, 0.3) is 0 Å². The summed E-state index contributed by atoms with van der Waals surface area (Å²) in [6, 6.07) is 4.84. The topological polar surface area (TPSA) is 46.6 Å². The standard InChI is InChI=1S/C12H9Cl2NO3/c1-2-10-11(16)15(12(17)18-10)6-7-3-8(13)5-9(14)4-7/h2-5,10H,1,6H2. The van der Waals surface area contributed by atoms with E-state index in [0.29, 0.717) is 15.6 Å². The van der Waals surface area contributed by atoms with Gasteiger partial charge in [0.15, 0.2) is 0 Å². The zero-order valence-corrected chi connectivity index (χ0v) is 10.7. The Labute approximate surface area is 114 Å². The molecule has 4 nitrogen and oxygen atoms in total. The fourth-order valence-electron chi connectivity index (χ4n) is 1.64. The van der Waals surface area contributed by atoms with E-state index in [1.807, 2.05) is 0 Å². The second-order valence-corrected chi connectivity index (χ2v) is 4.62. The first kappa shape index (κ1) is 12.9. The van der Waals surface area contributed by atoms with Gasteiger partial charge in [0.2, 0.25) is 6.10 Å². The zero-order valence-electron chi connectivity index (χ0n) is 9.23. The largest absolute Gasteiger partial charge is 0.431 e. The molecule has 0 radical (unpaired) electrons. The van der Waals surface area contributed by atoms with E-state index in [4.69, 9.17) is 27.9 Å². The summed E-state index contributed by atoms with van der Waals surface area (Å²) in [7, 11) is 0. The number of carbonyl (C=O) groups excluding carboxylic acids is 2. The number of cyclic esters (lactones) is 1. The lowest BCUT2D eigenvalue weighted by Gasteiger charge is -2.11. The van der Waals surface area contributed by atoms with Crippen molar-refractivity contribution in [3.8, 4) is 0 Å². The van der Waals surface area contributed by atoms with Gasteiger partial charge in [-0.2, -0.15) is 0 Å². The minimum atomic E-state index is -0.910. The molecule has 0 aromatic heterocycles. The number of imide groups is 1. The molecule has 0 spiro atoms. The average Bonchev–Trinajstić information content (AvgIpc) is 2.55. The van der Waals surface area contributed by atoms with Gasteiger partial charge in [-0.1, -0.05) is 29.8 Å². The molecule has 18 heavy (non-hydrogen) atoms. The van der Waals surface area contributed by atoms with Gasteiger partial charge in [-0.15, -0.1) is 0 Å². The number of halogens is 2. The van der Waals surface area contributed by atoms with E-state index in [0.717, 1.165) is 4.90 Å². The maximum atomic E-state index is 11.8. The molecule has 94 valence electrons. The van der Waals surface area contributed by atoms with Gasteiger partial charge in [0.1, 0.15) is 0 Å². The predicted octanol–water partition coefficient (Wildman–Crippen LogP) is 3.03. The fraction of sp³-hybridized carbons (Fsp3) is 0.167. The Hall–Kier alpha value is -1.52. The Morgan fingerprint density at radius 1 is 1.28 bits per heavy atom. The van der Waals surface area contributed by atoms with E-state index < -0.39 is 18.1 Å². The minimum Gasteiger partial charge on any atom is -0.431 e. The minimum absolute atomic E-state index is 0.0717. The molecule has 1 unspecified atom stereocenters. The van der Waals surface area contributed by atoms with E-state index in [2.05, 4.69) is 6.58 Å². The maximum Gasteiger partial charge on any atom is 0.418 e. The molecule has 1 aliphatic rings. The Morgan fingerprint density at radius 2 is 1.89 bits per heavy atom. The number of nitrogens with zero attached hydrogens (tertiary/aromatic N) is 1. The molecule has 1 aromatic rings. The van der Waals surface area contributed by atoms with E-state index in [1.165, 1.54) is 6.08 Å². The highest BCUT2D eigenvalue weighted by Crippen LogP contribution is 2.22. The van der Waals surface area contributed by atoms with Gasteiger partial charge in [-0.3, -0.25) is 4.79 Å². The summed E-state index contributed by atoms with van der Waals surface area (Å²) in [6.45, 7) is 3.50. The van der Waals surface area contributed by atoms with Crippen molar-refractivity contribution >= 4 is 35.2 Å².